The number of hydrogen-bond donors (Lipinski definition) is 2. The quantitative estimate of drug-likeness (QED) is 0.330. The maximum atomic E-state index is 8.88. The highest BCUT2D eigenvalue weighted by atomic mass is 127. The van der Waals surface area contributed by atoms with E-state index in [0.29, 0.717) is 18.7 Å². The van der Waals surface area contributed by atoms with Gasteiger partial charge in [-0.1, -0.05) is 30.3 Å². The van der Waals surface area contributed by atoms with Gasteiger partial charge < -0.3 is 15.4 Å². The van der Waals surface area contributed by atoms with Gasteiger partial charge in [0.15, 0.2) is 5.96 Å². The summed E-state index contributed by atoms with van der Waals surface area (Å²) >= 11 is 0. The van der Waals surface area contributed by atoms with Crippen LogP contribution in [-0.4, -0.2) is 19.1 Å². The molecular weight excluding hydrogens is 463 g/mol. The highest BCUT2D eigenvalue weighted by molar-refractivity contribution is 14.0. The lowest BCUT2D eigenvalue weighted by molar-refractivity contribution is 0.296. The van der Waals surface area contributed by atoms with Crippen molar-refractivity contribution in [3.8, 4) is 11.8 Å². The maximum absolute atomic E-state index is 8.88. The van der Waals surface area contributed by atoms with Crippen molar-refractivity contribution in [1.29, 1.82) is 5.26 Å². The minimum atomic E-state index is 0. The van der Waals surface area contributed by atoms with E-state index < -0.39 is 0 Å². The molecule has 28 heavy (non-hydrogen) atoms. The third kappa shape index (κ3) is 7.04. The number of hydrogen-bond acceptors (Lipinski definition) is 3. The maximum Gasteiger partial charge on any atom is 0.191 e. The van der Waals surface area contributed by atoms with Crippen LogP contribution in [0.15, 0.2) is 53.5 Å². The van der Waals surface area contributed by atoms with Gasteiger partial charge in [-0.2, -0.15) is 5.26 Å². The fourth-order valence-corrected chi connectivity index (χ4v) is 2.66. The second kappa shape index (κ2) is 11.5. The van der Waals surface area contributed by atoms with E-state index in [9.17, 15) is 0 Å². The molecule has 1 fully saturated rings. The summed E-state index contributed by atoms with van der Waals surface area (Å²) < 4.78 is 5.98. The van der Waals surface area contributed by atoms with Gasteiger partial charge in [0, 0.05) is 18.7 Å². The number of guanidine groups is 1. The number of aliphatic imine (C=N–C) groups is 1. The van der Waals surface area contributed by atoms with E-state index in [2.05, 4.69) is 27.8 Å². The Morgan fingerprint density at radius 1 is 1.14 bits per heavy atom. The van der Waals surface area contributed by atoms with Gasteiger partial charge in [0.2, 0.25) is 0 Å². The highest BCUT2D eigenvalue weighted by Gasteiger charge is 2.22. The summed E-state index contributed by atoms with van der Waals surface area (Å²) in [5.74, 6) is 2.44. The molecule has 0 unspecified atom stereocenters. The lowest BCUT2D eigenvalue weighted by Gasteiger charge is -2.14. The number of halogens is 1. The van der Waals surface area contributed by atoms with Crippen molar-refractivity contribution >= 4 is 29.9 Å². The average molecular weight is 490 g/mol. The smallest absolute Gasteiger partial charge is 0.191 e. The topological polar surface area (TPSA) is 69.4 Å². The molecule has 0 heterocycles. The lowest BCUT2D eigenvalue weighted by Crippen LogP contribution is -2.36. The summed E-state index contributed by atoms with van der Waals surface area (Å²) in [4.78, 5) is 4.64. The SMILES string of the molecule is CCNC(=NCc1ccc(C#N)cc1)NCc1ccccc1OCC1CC1.I. The molecule has 0 amide bonds. The number of para-hydroxylation sites is 1. The molecule has 6 heteroatoms. The van der Waals surface area contributed by atoms with E-state index >= 15 is 0 Å². The molecule has 2 aromatic rings. The molecule has 0 atom stereocenters. The van der Waals surface area contributed by atoms with Crippen LogP contribution >= 0.6 is 24.0 Å². The molecule has 0 aliphatic heterocycles. The van der Waals surface area contributed by atoms with Crippen LogP contribution in [0.25, 0.3) is 0 Å². The predicted molar refractivity (Wildman–Crippen MR) is 123 cm³/mol. The number of nitrogens with one attached hydrogen (secondary N) is 2. The Labute approximate surface area is 184 Å². The van der Waals surface area contributed by atoms with E-state index in [1.165, 1.54) is 12.8 Å². The van der Waals surface area contributed by atoms with Crippen molar-refractivity contribution in [2.24, 2.45) is 10.9 Å². The number of benzene rings is 2. The van der Waals surface area contributed by atoms with Gasteiger partial charge in [0.25, 0.3) is 0 Å². The fraction of sp³-hybridized carbons (Fsp3) is 0.364. The van der Waals surface area contributed by atoms with Gasteiger partial charge in [-0.25, -0.2) is 4.99 Å². The molecule has 0 spiro atoms. The third-order valence-corrected chi connectivity index (χ3v) is 4.44. The summed E-state index contributed by atoms with van der Waals surface area (Å²) in [5, 5.41) is 15.5. The van der Waals surface area contributed by atoms with Crippen molar-refractivity contribution in [2.75, 3.05) is 13.2 Å². The van der Waals surface area contributed by atoms with Gasteiger partial charge >= 0.3 is 0 Å². The van der Waals surface area contributed by atoms with Gasteiger partial charge in [0.05, 0.1) is 24.8 Å². The standard InChI is InChI=1S/C22H26N4O.HI/c1-2-24-22(25-14-18-9-7-17(13-23)8-10-18)26-15-20-5-3-4-6-21(20)27-16-19-11-12-19;/h3-10,19H,2,11-12,14-16H2,1H3,(H2,24,25,26);1H. The Bertz CT molecular complexity index is 810. The van der Waals surface area contributed by atoms with E-state index in [4.69, 9.17) is 10.00 Å². The average Bonchev–Trinajstić information content (AvgIpc) is 3.54. The van der Waals surface area contributed by atoms with Crippen LogP contribution in [-0.2, 0) is 13.1 Å². The Morgan fingerprint density at radius 2 is 1.89 bits per heavy atom. The summed E-state index contributed by atoms with van der Waals surface area (Å²) in [5.41, 5.74) is 2.86. The van der Waals surface area contributed by atoms with E-state index in [-0.39, 0.29) is 24.0 Å². The van der Waals surface area contributed by atoms with Crippen LogP contribution in [0.1, 0.15) is 36.5 Å². The summed E-state index contributed by atoms with van der Waals surface area (Å²) in [7, 11) is 0. The van der Waals surface area contributed by atoms with Crippen LogP contribution in [0.2, 0.25) is 0 Å². The molecule has 1 aliphatic carbocycles. The molecule has 3 rings (SSSR count). The first-order chi connectivity index (χ1) is 13.3. The first-order valence-electron chi connectivity index (χ1n) is 9.50. The number of nitriles is 1. The summed E-state index contributed by atoms with van der Waals surface area (Å²) in [6, 6.07) is 17.8. The predicted octanol–water partition coefficient (Wildman–Crippen LogP) is 4.22. The fourth-order valence-electron chi connectivity index (χ4n) is 2.66. The molecule has 0 aromatic heterocycles. The zero-order valence-corrected chi connectivity index (χ0v) is 18.5. The van der Waals surface area contributed by atoms with Crippen LogP contribution in [0.4, 0.5) is 0 Å². The van der Waals surface area contributed by atoms with Crippen LogP contribution in [0.3, 0.4) is 0 Å². The van der Waals surface area contributed by atoms with Crippen molar-refractivity contribution in [2.45, 2.75) is 32.9 Å². The molecule has 5 nitrogen and oxygen atoms in total. The van der Waals surface area contributed by atoms with E-state index in [1.54, 1.807) is 0 Å². The van der Waals surface area contributed by atoms with Crippen molar-refractivity contribution in [1.82, 2.24) is 10.6 Å². The van der Waals surface area contributed by atoms with Crippen molar-refractivity contribution in [3.63, 3.8) is 0 Å². The van der Waals surface area contributed by atoms with Gasteiger partial charge in [0.1, 0.15) is 5.75 Å². The first-order valence-corrected chi connectivity index (χ1v) is 9.50. The zero-order chi connectivity index (χ0) is 18.9. The molecule has 148 valence electrons. The second-order valence-corrected chi connectivity index (χ2v) is 6.72. The largest absolute Gasteiger partial charge is 0.493 e. The van der Waals surface area contributed by atoms with Gasteiger partial charge in [-0.15, -0.1) is 24.0 Å². The number of nitrogens with zero attached hydrogens (tertiary/aromatic N) is 2. The van der Waals surface area contributed by atoms with Crippen LogP contribution in [0.5, 0.6) is 5.75 Å². The molecule has 0 bridgehead atoms. The minimum Gasteiger partial charge on any atom is -0.493 e. The Balaban J connectivity index is 0.00000280. The molecule has 1 aliphatic rings. The Hall–Kier alpha value is -2.27. The van der Waals surface area contributed by atoms with E-state index in [1.807, 2.05) is 49.4 Å². The molecule has 1 saturated carbocycles. The third-order valence-electron chi connectivity index (χ3n) is 4.44. The van der Waals surface area contributed by atoms with Crippen molar-refractivity contribution < 1.29 is 4.74 Å². The molecule has 0 saturated heterocycles. The van der Waals surface area contributed by atoms with Crippen LogP contribution < -0.4 is 15.4 Å². The second-order valence-electron chi connectivity index (χ2n) is 6.72. The lowest BCUT2D eigenvalue weighted by atomic mass is 10.1. The summed E-state index contributed by atoms with van der Waals surface area (Å²) in [6.45, 7) is 4.86. The number of rotatable bonds is 8. The van der Waals surface area contributed by atoms with E-state index in [0.717, 1.165) is 41.9 Å². The van der Waals surface area contributed by atoms with Crippen molar-refractivity contribution in [3.05, 3.63) is 65.2 Å². The highest BCUT2D eigenvalue weighted by Crippen LogP contribution is 2.30. The summed E-state index contributed by atoms with van der Waals surface area (Å²) in [6.07, 6.45) is 2.57. The molecule has 2 aromatic carbocycles. The molecular formula is C22H27IN4O. The van der Waals surface area contributed by atoms with Crippen LogP contribution in [0, 0.1) is 17.2 Å². The van der Waals surface area contributed by atoms with Gasteiger partial charge in [-0.05, 0) is 49.4 Å². The number of ether oxygens (including phenoxy) is 1. The zero-order valence-electron chi connectivity index (χ0n) is 16.1. The van der Waals surface area contributed by atoms with Gasteiger partial charge in [-0.3, -0.25) is 0 Å². The monoisotopic (exact) mass is 490 g/mol. The normalized spacial score (nSPS) is 13.2. The first kappa shape index (κ1) is 22.0. The Morgan fingerprint density at radius 3 is 2.57 bits per heavy atom. The molecule has 2 N–H and O–H groups in total. The Kier molecular flexibility index (Phi) is 9.08. The minimum absolute atomic E-state index is 0. The molecule has 0 radical (unpaired) electrons.